The lowest BCUT2D eigenvalue weighted by molar-refractivity contribution is -0.384. The molecule has 10 heteroatoms. The third-order valence-electron chi connectivity index (χ3n) is 4.19. The molecule has 0 heterocycles. The molecule has 0 spiro atoms. The van der Waals surface area contributed by atoms with Gasteiger partial charge in [-0.2, -0.15) is 11.8 Å². The number of nitrogens with one attached hydrogen (secondary N) is 2. The van der Waals surface area contributed by atoms with Gasteiger partial charge in [0.1, 0.15) is 6.04 Å². The van der Waals surface area contributed by atoms with E-state index in [-0.39, 0.29) is 17.2 Å². The number of nitro benzene ring substituents is 1. The molecule has 0 aliphatic heterocycles. The van der Waals surface area contributed by atoms with E-state index in [9.17, 15) is 19.7 Å². The van der Waals surface area contributed by atoms with Crippen molar-refractivity contribution < 1.29 is 14.5 Å². The van der Waals surface area contributed by atoms with Crippen LogP contribution < -0.4 is 10.6 Å². The number of non-ortho nitro benzene ring substituents is 1. The topological polar surface area (TPSA) is 101 Å². The summed E-state index contributed by atoms with van der Waals surface area (Å²) >= 11 is 13.5. The van der Waals surface area contributed by atoms with Crippen molar-refractivity contribution in [2.24, 2.45) is 0 Å². The maximum atomic E-state index is 12.6. The van der Waals surface area contributed by atoms with Gasteiger partial charge in [-0.05, 0) is 54.7 Å². The second-order valence-corrected chi connectivity index (χ2v) is 8.29. The fraction of sp³-hybridized carbons (Fsp3) is 0.300. The van der Waals surface area contributed by atoms with Gasteiger partial charge in [0, 0.05) is 34.3 Å². The van der Waals surface area contributed by atoms with Crippen LogP contribution >= 0.6 is 35.0 Å². The molecule has 160 valence electrons. The third-order valence-corrected chi connectivity index (χ3v) is 5.27. The number of thioether (sulfide) groups is 1. The van der Waals surface area contributed by atoms with Gasteiger partial charge in [0.05, 0.1) is 4.92 Å². The highest BCUT2D eigenvalue weighted by Gasteiger charge is 2.21. The highest BCUT2D eigenvalue weighted by atomic mass is 35.5. The van der Waals surface area contributed by atoms with Gasteiger partial charge >= 0.3 is 0 Å². The maximum Gasteiger partial charge on any atom is 0.270 e. The number of nitrogens with zero attached hydrogens (tertiary/aromatic N) is 1. The van der Waals surface area contributed by atoms with E-state index in [1.165, 1.54) is 24.3 Å². The number of hydrogen-bond acceptors (Lipinski definition) is 5. The number of rotatable bonds is 10. The number of halogens is 2. The van der Waals surface area contributed by atoms with Crippen LogP contribution in [0, 0.1) is 10.1 Å². The van der Waals surface area contributed by atoms with Crippen LogP contribution in [0.1, 0.15) is 22.3 Å². The summed E-state index contributed by atoms with van der Waals surface area (Å²) in [5, 5.41) is 17.4. The van der Waals surface area contributed by atoms with Gasteiger partial charge in [-0.15, -0.1) is 0 Å². The summed E-state index contributed by atoms with van der Waals surface area (Å²) in [6.07, 6.45) is 2.86. The first kappa shape index (κ1) is 24.0. The minimum atomic E-state index is -0.757. The Hall–Kier alpha value is -2.29. The number of hydrogen-bond donors (Lipinski definition) is 2. The monoisotopic (exact) mass is 469 g/mol. The number of amides is 2. The molecule has 2 amide bonds. The SMILES string of the molecule is CSCCC(NC(=O)c1cccc([N+](=O)[O-])c1)C(=O)NCCc1cc(Cl)cc(Cl)c1. The lowest BCUT2D eigenvalue weighted by Crippen LogP contribution is -2.47. The van der Waals surface area contributed by atoms with Crippen LogP contribution in [0.3, 0.4) is 0 Å². The summed E-state index contributed by atoms with van der Waals surface area (Å²) in [6, 6.07) is 9.80. The van der Waals surface area contributed by atoms with Gasteiger partial charge in [-0.25, -0.2) is 0 Å². The normalized spacial score (nSPS) is 11.6. The molecule has 1 atom stereocenters. The lowest BCUT2D eigenvalue weighted by Gasteiger charge is -2.18. The molecule has 2 aromatic carbocycles. The van der Waals surface area contributed by atoms with Crippen molar-refractivity contribution in [1.82, 2.24) is 10.6 Å². The fourth-order valence-corrected chi connectivity index (χ4v) is 3.76. The van der Waals surface area contributed by atoms with Crippen molar-refractivity contribution in [2.45, 2.75) is 18.9 Å². The van der Waals surface area contributed by atoms with Crippen LogP contribution in [0.15, 0.2) is 42.5 Å². The zero-order valence-electron chi connectivity index (χ0n) is 16.2. The first-order chi connectivity index (χ1) is 14.3. The van der Waals surface area contributed by atoms with E-state index >= 15 is 0 Å². The molecule has 0 saturated carbocycles. The molecule has 0 bridgehead atoms. The van der Waals surface area contributed by atoms with Crippen LogP contribution in [0.2, 0.25) is 10.0 Å². The van der Waals surface area contributed by atoms with E-state index in [0.717, 1.165) is 5.56 Å². The minimum Gasteiger partial charge on any atom is -0.354 e. The van der Waals surface area contributed by atoms with Crippen LogP contribution in [-0.4, -0.2) is 41.3 Å². The van der Waals surface area contributed by atoms with Crippen molar-refractivity contribution in [3.8, 4) is 0 Å². The van der Waals surface area contributed by atoms with Gasteiger partial charge in [0.2, 0.25) is 5.91 Å². The second kappa shape index (κ2) is 11.8. The molecule has 0 aliphatic carbocycles. The Morgan fingerprint density at radius 2 is 1.87 bits per heavy atom. The van der Waals surface area contributed by atoms with Crippen LogP contribution in [-0.2, 0) is 11.2 Å². The molecule has 30 heavy (non-hydrogen) atoms. The van der Waals surface area contributed by atoms with Crippen LogP contribution in [0.4, 0.5) is 5.69 Å². The van der Waals surface area contributed by atoms with Crippen molar-refractivity contribution in [3.05, 3.63) is 73.8 Å². The zero-order valence-corrected chi connectivity index (χ0v) is 18.5. The van der Waals surface area contributed by atoms with E-state index in [2.05, 4.69) is 10.6 Å². The molecule has 7 nitrogen and oxygen atoms in total. The Morgan fingerprint density at radius 1 is 1.17 bits per heavy atom. The van der Waals surface area contributed by atoms with Gasteiger partial charge in [0.15, 0.2) is 0 Å². The van der Waals surface area contributed by atoms with Crippen molar-refractivity contribution >= 4 is 52.5 Å². The smallest absolute Gasteiger partial charge is 0.270 e. The molecule has 1 unspecified atom stereocenters. The molecular weight excluding hydrogens is 449 g/mol. The van der Waals surface area contributed by atoms with Gasteiger partial charge in [-0.1, -0.05) is 29.3 Å². The number of benzene rings is 2. The van der Waals surface area contributed by atoms with Crippen molar-refractivity contribution in [3.63, 3.8) is 0 Å². The van der Waals surface area contributed by atoms with Crippen LogP contribution in [0.5, 0.6) is 0 Å². The molecular formula is C20H21Cl2N3O4S. The summed E-state index contributed by atoms with van der Waals surface area (Å²) in [5.74, 6) is -0.200. The fourth-order valence-electron chi connectivity index (χ4n) is 2.72. The summed E-state index contributed by atoms with van der Waals surface area (Å²) in [4.78, 5) is 35.5. The maximum absolute atomic E-state index is 12.6. The molecule has 0 aromatic heterocycles. The van der Waals surface area contributed by atoms with Crippen molar-refractivity contribution in [2.75, 3.05) is 18.6 Å². The largest absolute Gasteiger partial charge is 0.354 e. The lowest BCUT2D eigenvalue weighted by atomic mass is 10.1. The van der Waals surface area contributed by atoms with Crippen molar-refractivity contribution in [1.29, 1.82) is 0 Å². The Bertz CT molecular complexity index is 906. The second-order valence-electron chi connectivity index (χ2n) is 6.43. The molecule has 0 radical (unpaired) electrons. The Morgan fingerprint density at radius 3 is 2.50 bits per heavy atom. The molecule has 0 aliphatic rings. The first-order valence-corrected chi connectivity index (χ1v) is 11.2. The number of carbonyl (C=O) groups is 2. The molecule has 2 aromatic rings. The predicted octanol–water partition coefficient (Wildman–Crippen LogP) is 4.11. The Balaban J connectivity index is 1.99. The van der Waals surface area contributed by atoms with Gasteiger partial charge < -0.3 is 10.6 Å². The van der Waals surface area contributed by atoms with E-state index in [4.69, 9.17) is 23.2 Å². The summed E-state index contributed by atoms with van der Waals surface area (Å²) < 4.78 is 0. The van der Waals surface area contributed by atoms with Gasteiger partial charge in [0.25, 0.3) is 11.6 Å². The molecule has 0 saturated heterocycles. The average Bonchev–Trinajstić information content (AvgIpc) is 2.70. The standard InChI is InChI=1S/C20H21Cl2N3O4S/c1-30-8-6-18(24-19(26)14-3-2-4-17(11-14)25(28)29)20(27)23-7-5-13-9-15(21)12-16(22)10-13/h2-4,9-12,18H,5-8H2,1H3,(H,23,27)(H,24,26). The minimum absolute atomic E-state index is 0.125. The summed E-state index contributed by atoms with van der Waals surface area (Å²) in [6.45, 7) is 0.345. The number of carbonyl (C=O) groups excluding carboxylic acids is 2. The predicted molar refractivity (Wildman–Crippen MR) is 121 cm³/mol. The van der Waals surface area contributed by atoms with E-state index in [1.807, 2.05) is 6.26 Å². The average molecular weight is 470 g/mol. The quantitative estimate of drug-likeness (QED) is 0.402. The third kappa shape index (κ3) is 7.51. The highest BCUT2D eigenvalue weighted by molar-refractivity contribution is 7.98. The van der Waals surface area contributed by atoms with E-state index < -0.39 is 16.9 Å². The molecule has 0 fully saturated rings. The molecule has 2 N–H and O–H groups in total. The molecule has 2 rings (SSSR count). The van der Waals surface area contributed by atoms with E-state index in [0.29, 0.717) is 35.2 Å². The summed E-state index contributed by atoms with van der Waals surface area (Å²) in [5.41, 5.74) is 0.821. The Kier molecular flexibility index (Phi) is 9.42. The highest BCUT2D eigenvalue weighted by Crippen LogP contribution is 2.19. The zero-order chi connectivity index (χ0) is 22.1. The van der Waals surface area contributed by atoms with E-state index in [1.54, 1.807) is 30.0 Å². The summed E-state index contributed by atoms with van der Waals surface area (Å²) in [7, 11) is 0. The number of nitro groups is 1. The first-order valence-electron chi connectivity index (χ1n) is 9.07. The van der Waals surface area contributed by atoms with Crippen LogP contribution in [0.25, 0.3) is 0 Å². The Labute approximate surface area is 188 Å². The van der Waals surface area contributed by atoms with Gasteiger partial charge in [-0.3, -0.25) is 19.7 Å².